The smallest absolute Gasteiger partial charge is 0.325 e. The average molecular weight is 263 g/mol. The number of aliphatic carboxylic acids is 1. The Kier molecular flexibility index (Phi) is 4.93. The van der Waals surface area contributed by atoms with Crippen LogP contribution in [0.25, 0.3) is 0 Å². The van der Waals surface area contributed by atoms with E-state index < -0.39 is 12.0 Å². The molecule has 1 saturated heterocycles. The highest BCUT2D eigenvalue weighted by Gasteiger charge is 2.32. The minimum absolute atomic E-state index is 0.0244. The van der Waals surface area contributed by atoms with Gasteiger partial charge >= 0.3 is 5.97 Å². The number of aliphatic hydroxyl groups is 1. The average Bonchev–Trinajstić information content (AvgIpc) is 2.65. The molecule has 1 fully saturated rings. The van der Waals surface area contributed by atoms with Gasteiger partial charge in [-0.1, -0.05) is 43.2 Å². The van der Waals surface area contributed by atoms with Gasteiger partial charge in [0, 0.05) is 6.04 Å². The molecule has 0 radical (unpaired) electrons. The van der Waals surface area contributed by atoms with E-state index in [0.29, 0.717) is 0 Å². The molecule has 1 aromatic rings. The van der Waals surface area contributed by atoms with E-state index in [2.05, 4.69) is 0 Å². The van der Waals surface area contributed by atoms with Crippen LogP contribution in [0.4, 0.5) is 0 Å². The lowest BCUT2D eigenvalue weighted by atomic mass is 10.0. The minimum atomic E-state index is -0.841. The van der Waals surface area contributed by atoms with Crippen molar-refractivity contribution in [2.45, 2.75) is 37.8 Å². The van der Waals surface area contributed by atoms with Gasteiger partial charge in [-0.2, -0.15) is 0 Å². The molecule has 2 atom stereocenters. The van der Waals surface area contributed by atoms with Gasteiger partial charge in [0.15, 0.2) is 0 Å². The molecular weight excluding hydrogens is 242 g/mol. The molecule has 1 heterocycles. The predicted molar refractivity (Wildman–Crippen MR) is 72.9 cm³/mol. The number of aliphatic hydroxyl groups excluding tert-OH is 1. The first-order chi connectivity index (χ1) is 9.24. The molecule has 0 bridgehead atoms. The highest BCUT2D eigenvalue weighted by Crippen LogP contribution is 2.28. The zero-order valence-corrected chi connectivity index (χ0v) is 11.0. The number of hydrogen-bond donors (Lipinski definition) is 2. The maximum atomic E-state index is 11.6. The first kappa shape index (κ1) is 14.0. The first-order valence-electron chi connectivity index (χ1n) is 6.88. The molecule has 1 aromatic carbocycles. The molecule has 1 aliphatic heterocycles. The van der Waals surface area contributed by atoms with Gasteiger partial charge in [-0.05, 0) is 24.9 Å². The highest BCUT2D eigenvalue weighted by atomic mass is 16.4. The summed E-state index contributed by atoms with van der Waals surface area (Å²) in [4.78, 5) is 13.6. The maximum Gasteiger partial charge on any atom is 0.325 e. The molecule has 1 aliphatic rings. The van der Waals surface area contributed by atoms with Crippen molar-refractivity contribution in [3.63, 3.8) is 0 Å². The molecule has 0 amide bonds. The maximum absolute atomic E-state index is 11.6. The quantitative estimate of drug-likeness (QED) is 0.873. The van der Waals surface area contributed by atoms with Crippen molar-refractivity contribution in [2.75, 3.05) is 13.2 Å². The van der Waals surface area contributed by atoms with Crippen LogP contribution in [-0.2, 0) is 4.79 Å². The summed E-state index contributed by atoms with van der Waals surface area (Å²) in [6.07, 6.45) is 4.03. The third kappa shape index (κ3) is 3.33. The Morgan fingerprint density at radius 3 is 2.63 bits per heavy atom. The summed E-state index contributed by atoms with van der Waals surface area (Å²) in [6, 6.07) is 8.58. The number of likely N-dealkylation sites (tertiary alicyclic amines) is 1. The predicted octanol–water partition coefficient (Wildman–Crippen LogP) is 2.05. The summed E-state index contributed by atoms with van der Waals surface area (Å²) in [5.41, 5.74) is 0.787. The van der Waals surface area contributed by atoms with Crippen LogP contribution in [0.2, 0.25) is 0 Å². The third-order valence-corrected chi connectivity index (χ3v) is 3.81. The fourth-order valence-electron chi connectivity index (χ4n) is 2.85. The van der Waals surface area contributed by atoms with Crippen molar-refractivity contribution in [3.8, 4) is 0 Å². The normalized spacial score (nSPS) is 22.7. The lowest BCUT2D eigenvalue weighted by Gasteiger charge is -2.34. The van der Waals surface area contributed by atoms with Crippen molar-refractivity contribution in [1.29, 1.82) is 0 Å². The van der Waals surface area contributed by atoms with E-state index in [4.69, 9.17) is 0 Å². The van der Waals surface area contributed by atoms with E-state index in [1.54, 1.807) is 0 Å². The van der Waals surface area contributed by atoms with Gasteiger partial charge in [-0.3, -0.25) is 9.69 Å². The lowest BCUT2D eigenvalue weighted by Crippen LogP contribution is -2.43. The molecule has 0 aromatic heterocycles. The molecule has 104 valence electrons. The fraction of sp³-hybridized carbons (Fsp3) is 0.533. The summed E-state index contributed by atoms with van der Waals surface area (Å²) in [6.45, 7) is 0.758. The Hall–Kier alpha value is -1.39. The van der Waals surface area contributed by atoms with Crippen molar-refractivity contribution in [1.82, 2.24) is 4.90 Å². The van der Waals surface area contributed by atoms with E-state index in [1.165, 1.54) is 0 Å². The van der Waals surface area contributed by atoms with Crippen LogP contribution in [0.15, 0.2) is 30.3 Å². The van der Waals surface area contributed by atoms with Crippen molar-refractivity contribution < 1.29 is 15.0 Å². The standard InChI is InChI=1S/C15H21NO3/c17-11-13-9-5-2-6-10-16(13)14(15(18)19)12-7-3-1-4-8-12/h1,3-4,7-8,13-14,17H,2,5-6,9-11H2,(H,18,19). The van der Waals surface area contributed by atoms with Gasteiger partial charge in [0.1, 0.15) is 6.04 Å². The lowest BCUT2D eigenvalue weighted by molar-refractivity contribution is -0.145. The van der Waals surface area contributed by atoms with Gasteiger partial charge in [0.2, 0.25) is 0 Å². The second-order valence-electron chi connectivity index (χ2n) is 5.08. The van der Waals surface area contributed by atoms with Gasteiger partial charge in [0.25, 0.3) is 0 Å². The number of rotatable bonds is 4. The van der Waals surface area contributed by atoms with Crippen LogP contribution in [0.1, 0.15) is 37.3 Å². The zero-order valence-electron chi connectivity index (χ0n) is 11.0. The van der Waals surface area contributed by atoms with E-state index >= 15 is 0 Å². The number of carbonyl (C=O) groups is 1. The van der Waals surface area contributed by atoms with Crippen molar-refractivity contribution in [2.24, 2.45) is 0 Å². The summed E-state index contributed by atoms with van der Waals surface area (Å²) in [7, 11) is 0. The molecule has 4 heteroatoms. The first-order valence-corrected chi connectivity index (χ1v) is 6.88. The Labute approximate surface area is 113 Å². The molecule has 0 aliphatic carbocycles. The molecular formula is C15H21NO3. The van der Waals surface area contributed by atoms with E-state index in [0.717, 1.165) is 37.8 Å². The molecule has 2 rings (SSSR count). The van der Waals surface area contributed by atoms with Gasteiger partial charge in [-0.25, -0.2) is 0 Å². The molecule has 19 heavy (non-hydrogen) atoms. The van der Waals surface area contributed by atoms with Gasteiger partial charge < -0.3 is 10.2 Å². The highest BCUT2D eigenvalue weighted by molar-refractivity contribution is 5.75. The number of nitrogens with zero attached hydrogens (tertiary/aromatic N) is 1. The van der Waals surface area contributed by atoms with Crippen molar-refractivity contribution in [3.05, 3.63) is 35.9 Å². The molecule has 2 unspecified atom stereocenters. The summed E-state index contributed by atoms with van der Waals surface area (Å²) >= 11 is 0. The fourth-order valence-corrected chi connectivity index (χ4v) is 2.85. The molecule has 0 spiro atoms. The largest absolute Gasteiger partial charge is 0.480 e. The second kappa shape index (κ2) is 6.68. The van der Waals surface area contributed by atoms with Crippen molar-refractivity contribution >= 4 is 5.97 Å². The van der Waals surface area contributed by atoms with E-state index in [1.807, 2.05) is 35.2 Å². The van der Waals surface area contributed by atoms with E-state index in [-0.39, 0.29) is 12.6 Å². The zero-order chi connectivity index (χ0) is 13.7. The summed E-state index contributed by atoms with van der Waals surface area (Å²) < 4.78 is 0. The van der Waals surface area contributed by atoms with Crippen LogP contribution >= 0.6 is 0 Å². The van der Waals surface area contributed by atoms with Gasteiger partial charge in [0.05, 0.1) is 6.61 Å². The number of benzene rings is 1. The van der Waals surface area contributed by atoms with Crippen LogP contribution in [0.5, 0.6) is 0 Å². The Balaban J connectivity index is 2.29. The minimum Gasteiger partial charge on any atom is -0.480 e. The van der Waals surface area contributed by atoms with Crippen LogP contribution in [0, 0.1) is 0 Å². The van der Waals surface area contributed by atoms with Gasteiger partial charge in [-0.15, -0.1) is 0 Å². The number of hydrogen-bond acceptors (Lipinski definition) is 3. The Morgan fingerprint density at radius 1 is 1.26 bits per heavy atom. The summed E-state index contributed by atoms with van der Waals surface area (Å²) in [5.74, 6) is -0.841. The van der Waals surface area contributed by atoms with Crippen LogP contribution in [0.3, 0.4) is 0 Å². The molecule has 2 N–H and O–H groups in total. The van der Waals surface area contributed by atoms with Crippen LogP contribution in [-0.4, -0.2) is 40.3 Å². The monoisotopic (exact) mass is 263 g/mol. The topological polar surface area (TPSA) is 60.8 Å². The SMILES string of the molecule is O=C(O)C(c1ccccc1)N1CCCCCC1CO. The van der Waals surface area contributed by atoms with E-state index in [9.17, 15) is 15.0 Å². The number of carboxylic acid groups (broad SMARTS) is 1. The van der Waals surface area contributed by atoms with Crippen LogP contribution < -0.4 is 0 Å². The Morgan fingerprint density at radius 2 is 2.00 bits per heavy atom. The second-order valence-corrected chi connectivity index (χ2v) is 5.08. The number of carboxylic acids is 1. The third-order valence-electron chi connectivity index (χ3n) is 3.81. The molecule has 0 saturated carbocycles. The Bertz CT molecular complexity index is 407. The molecule has 4 nitrogen and oxygen atoms in total. The summed E-state index contributed by atoms with van der Waals surface area (Å²) in [5, 5.41) is 19.1.